The molecule has 6 heteroatoms. The maximum atomic E-state index is 11.0. The number of carboxylic acid groups (broad SMARTS) is 1. The van der Waals surface area contributed by atoms with Crippen LogP contribution in [0.1, 0.15) is 10.4 Å². The summed E-state index contributed by atoms with van der Waals surface area (Å²) >= 11 is 1.19. The number of aromatic nitrogens is 2. The van der Waals surface area contributed by atoms with Crippen molar-refractivity contribution in [2.75, 3.05) is 5.73 Å². The molecule has 0 fully saturated rings. The molecule has 2 heterocycles. The molecule has 0 saturated carbocycles. The molecule has 5 nitrogen and oxygen atoms in total. The van der Waals surface area contributed by atoms with Crippen molar-refractivity contribution in [1.82, 2.24) is 9.97 Å². The highest BCUT2D eigenvalue weighted by Crippen LogP contribution is 2.27. The van der Waals surface area contributed by atoms with Crippen molar-refractivity contribution < 1.29 is 9.90 Å². The van der Waals surface area contributed by atoms with Crippen LogP contribution in [0.25, 0.3) is 0 Å². The lowest BCUT2D eigenvalue weighted by atomic mass is 10.3. The summed E-state index contributed by atoms with van der Waals surface area (Å²) in [6, 6.07) is 6.79. The van der Waals surface area contributed by atoms with E-state index >= 15 is 0 Å². The predicted octanol–water partition coefficient (Wildman–Crippen LogP) is 1.91. The Hall–Kier alpha value is -2.08. The number of pyridine rings is 2. The molecule has 0 amide bonds. The van der Waals surface area contributed by atoms with E-state index in [-0.39, 0.29) is 5.56 Å². The molecular formula is C11H9N3O2S. The average molecular weight is 247 g/mol. The van der Waals surface area contributed by atoms with E-state index in [2.05, 4.69) is 9.97 Å². The number of anilines is 1. The van der Waals surface area contributed by atoms with Crippen LogP contribution in [0.15, 0.2) is 46.7 Å². The zero-order chi connectivity index (χ0) is 12.3. The molecule has 0 aliphatic carbocycles. The maximum Gasteiger partial charge on any atom is 0.338 e. The van der Waals surface area contributed by atoms with E-state index in [1.54, 1.807) is 18.3 Å². The second kappa shape index (κ2) is 4.84. The fraction of sp³-hybridized carbons (Fsp3) is 0. The van der Waals surface area contributed by atoms with Crippen LogP contribution in [0.2, 0.25) is 0 Å². The van der Waals surface area contributed by atoms with E-state index in [1.165, 1.54) is 24.0 Å². The van der Waals surface area contributed by atoms with Crippen LogP contribution in [0.5, 0.6) is 0 Å². The normalized spacial score (nSPS) is 10.1. The third-order valence-corrected chi connectivity index (χ3v) is 2.91. The molecule has 0 aliphatic heterocycles. The Morgan fingerprint density at radius 2 is 2.18 bits per heavy atom. The summed E-state index contributed by atoms with van der Waals surface area (Å²) in [5, 5.41) is 10.1. The number of carboxylic acids is 1. The summed E-state index contributed by atoms with van der Waals surface area (Å²) in [5.41, 5.74) is 5.92. The molecule has 0 atom stereocenters. The number of hydrogen-bond acceptors (Lipinski definition) is 5. The van der Waals surface area contributed by atoms with E-state index in [4.69, 9.17) is 10.8 Å². The van der Waals surface area contributed by atoms with Crippen molar-refractivity contribution >= 4 is 23.4 Å². The Balaban J connectivity index is 2.36. The smallest absolute Gasteiger partial charge is 0.338 e. The molecule has 0 bridgehead atoms. The average Bonchev–Trinajstić information content (AvgIpc) is 2.32. The predicted molar refractivity (Wildman–Crippen MR) is 64.0 cm³/mol. The highest BCUT2D eigenvalue weighted by atomic mass is 32.2. The van der Waals surface area contributed by atoms with E-state index in [1.807, 2.05) is 6.07 Å². The minimum Gasteiger partial charge on any atom is -0.478 e. The van der Waals surface area contributed by atoms with Crippen LogP contribution in [0.3, 0.4) is 0 Å². The van der Waals surface area contributed by atoms with Crippen LogP contribution >= 0.6 is 11.8 Å². The van der Waals surface area contributed by atoms with Crippen LogP contribution in [-0.4, -0.2) is 21.0 Å². The Labute approximate surface area is 102 Å². The van der Waals surface area contributed by atoms with Gasteiger partial charge in [-0.25, -0.2) is 14.8 Å². The molecule has 2 rings (SSSR count). The first-order chi connectivity index (χ1) is 8.16. The van der Waals surface area contributed by atoms with Crippen LogP contribution < -0.4 is 5.73 Å². The van der Waals surface area contributed by atoms with Crippen LogP contribution in [0.4, 0.5) is 5.69 Å². The van der Waals surface area contributed by atoms with Gasteiger partial charge in [0, 0.05) is 6.20 Å². The van der Waals surface area contributed by atoms with Gasteiger partial charge in [-0.3, -0.25) is 0 Å². The monoisotopic (exact) mass is 247 g/mol. The van der Waals surface area contributed by atoms with Gasteiger partial charge in [-0.15, -0.1) is 0 Å². The highest BCUT2D eigenvalue weighted by Gasteiger charge is 2.13. The zero-order valence-electron chi connectivity index (χ0n) is 8.70. The number of hydrogen-bond donors (Lipinski definition) is 2. The van der Waals surface area contributed by atoms with Crippen molar-refractivity contribution in [1.29, 1.82) is 0 Å². The number of nitrogens with zero attached hydrogens (tertiary/aromatic N) is 2. The minimum absolute atomic E-state index is 0.0839. The first kappa shape index (κ1) is 11.4. The second-order valence-corrected chi connectivity index (χ2v) is 4.21. The molecule has 17 heavy (non-hydrogen) atoms. The molecule has 3 N–H and O–H groups in total. The largest absolute Gasteiger partial charge is 0.478 e. The fourth-order valence-electron chi connectivity index (χ4n) is 1.21. The molecule has 2 aromatic heterocycles. The van der Waals surface area contributed by atoms with Crippen molar-refractivity contribution in [3.63, 3.8) is 0 Å². The first-order valence-electron chi connectivity index (χ1n) is 4.74. The summed E-state index contributed by atoms with van der Waals surface area (Å²) in [6.07, 6.45) is 3.07. The molecule has 86 valence electrons. The molecule has 0 aromatic carbocycles. The maximum absolute atomic E-state index is 11.0. The van der Waals surface area contributed by atoms with Gasteiger partial charge in [0.05, 0.1) is 17.4 Å². The minimum atomic E-state index is -1.05. The van der Waals surface area contributed by atoms with Gasteiger partial charge >= 0.3 is 5.97 Å². The van der Waals surface area contributed by atoms with Crippen molar-refractivity contribution in [2.45, 2.75) is 10.1 Å². The van der Waals surface area contributed by atoms with Gasteiger partial charge in [-0.1, -0.05) is 6.07 Å². The quantitative estimate of drug-likeness (QED) is 0.861. The molecule has 0 unspecified atom stereocenters. The third kappa shape index (κ3) is 2.73. The second-order valence-electron chi connectivity index (χ2n) is 3.20. The first-order valence-corrected chi connectivity index (χ1v) is 5.56. The van der Waals surface area contributed by atoms with Crippen molar-refractivity contribution in [2.24, 2.45) is 0 Å². The van der Waals surface area contributed by atoms with E-state index in [0.717, 1.165) is 0 Å². The van der Waals surface area contributed by atoms with E-state index in [0.29, 0.717) is 15.7 Å². The van der Waals surface area contributed by atoms with Gasteiger partial charge in [-0.05, 0) is 30.0 Å². The van der Waals surface area contributed by atoms with Gasteiger partial charge in [0.25, 0.3) is 0 Å². The summed E-state index contributed by atoms with van der Waals surface area (Å²) in [4.78, 5) is 19.1. The zero-order valence-corrected chi connectivity index (χ0v) is 9.52. The van der Waals surface area contributed by atoms with Gasteiger partial charge in [0.2, 0.25) is 0 Å². The van der Waals surface area contributed by atoms with Gasteiger partial charge in [0.15, 0.2) is 0 Å². The Morgan fingerprint density at radius 1 is 1.35 bits per heavy atom. The lowest BCUT2D eigenvalue weighted by Crippen LogP contribution is -2.02. The number of nitrogen functional groups attached to an aromatic ring is 1. The lowest BCUT2D eigenvalue weighted by molar-refractivity contribution is 0.0692. The molecular weight excluding hydrogens is 238 g/mol. The van der Waals surface area contributed by atoms with Crippen molar-refractivity contribution in [3.8, 4) is 0 Å². The van der Waals surface area contributed by atoms with E-state index in [9.17, 15) is 4.79 Å². The number of nitrogens with two attached hydrogens (primary N) is 1. The molecule has 0 saturated heterocycles. The standard InChI is InChI=1S/C11H9N3O2S/c12-7-5-8(11(15)16)10(14-6-7)17-9-3-1-2-4-13-9/h1-6H,12H2,(H,15,16). The number of carbonyl (C=O) groups is 1. The van der Waals surface area contributed by atoms with Crippen LogP contribution in [-0.2, 0) is 0 Å². The molecule has 0 spiro atoms. The van der Waals surface area contributed by atoms with Gasteiger partial charge in [-0.2, -0.15) is 0 Å². The van der Waals surface area contributed by atoms with E-state index < -0.39 is 5.97 Å². The SMILES string of the molecule is Nc1cnc(Sc2ccccn2)c(C(=O)O)c1. The van der Waals surface area contributed by atoms with Crippen molar-refractivity contribution in [3.05, 3.63) is 42.2 Å². The highest BCUT2D eigenvalue weighted by molar-refractivity contribution is 7.99. The molecule has 0 aliphatic rings. The lowest BCUT2D eigenvalue weighted by Gasteiger charge is -2.04. The number of rotatable bonds is 3. The summed E-state index contributed by atoms with van der Waals surface area (Å²) in [5.74, 6) is -1.05. The Kier molecular flexibility index (Phi) is 3.24. The van der Waals surface area contributed by atoms with Gasteiger partial charge in [0.1, 0.15) is 10.1 Å². The summed E-state index contributed by atoms with van der Waals surface area (Å²) in [6.45, 7) is 0. The van der Waals surface area contributed by atoms with Crippen LogP contribution in [0, 0.1) is 0 Å². The topological polar surface area (TPSA) is 89.1 Å². The molecule has 0 radical (unpaired) electrons. The van der Waals surface area contributed by atoms with Gasteiger partial charge < -0.3 is 10.8 Å². The Morgan fingerprint density at radius 3 is 2.82 bits per heavy atom. The molecule has 2 aromatic rings. The third-order valence-electron chi connectivity index (χ3n) is 1.94. The Bertz CT molecular complexity index is 546. The summed E-state index contributed by atoms with van der Waals surface area (Å²) in [7, 11) is 0. The number of aromatic carboxylic acids is 1. The summed E-state index contributed by atoms with van der Waals surface area (Å²) < 4.78 is 0. The fourth-order valence-corrected chi connectivity index (χ4v) is 2.03.